The van der Waals surface area contributed by atoms with Gasteiger partial charge in [-0.15, -0.1) is 0 Å². The molecule has 142 valence electrons. The number of aromatic nitrogens is 2. The molecule has 1 unspecified atom stereocenters. The molecular weight excluding hydrogens is 351 g/mol. The Balaban J connectivity index is 2.24. The summed E-state index contributed by atoms with van der Waals surface area (Å²) in [4.78, 5) is 12.1. The van der Waals surface area contributed by atoms with E-state index in [4.69, 9.17) is 4.74 Å². The number of ether oxygens (including phenoxy) is 1. The average Bonchev–Trinajstić information content (AvgIpc) is 2.97. The molecule has 2 rings (SSSR count). The van der Waals surface area contributed by atoms with Crippen LogP contribution in [0, 0.1) is 0 Å². The molecule has 1 aromatic carbocycles. The number of rotatable bonds is 5. The lowest BCUT2D eigenvalue weighted by Gasteiger charge is -2.26. The minimum Gasteiger partial charge on any atom is -0.444 e. The maximum Gasteiger partial charge on any atom is 0.421 e. The van der Waals surface area contributed by atoms with Crippen molar-refractivity contribution in [2.75, 3.05) is 5.32 Å². The second kappa shape index (κ2) is 7.36. The zero-order valence-corrected chi connectivity index (χ0v) is 14.5. The monoisotopic (exact) mass is 371 g/mol. The van der Waals surface area contributed by atoms with Crippen LogP contribution in [0.25, 0.3) is 0 Å². The molecule has 0 saturated carbocycles. The molecule has 0 radical (unpaired) electrons. The van der Waals surface area contributed by atoms with Gasteiger partial charge in [0.15, 0.2) is 5.60 Å². The lowest BCUT2D eigenvalue weighted by molar-refractivity contribution is -0.258. The highest BCUT2D eigenvalue weighted by Crippen LogP contribution is 2.42. The summed E-state index contributed by atoms with van der Waals surface area (Å²) in [5.41, 5.74) is -3.01. The Morgan fingerprint density at radius 3 is 2.46 bits per heavy atom. The van der Waals surface area contributed by atoms with Gasteiger partial charge in [0, 0.05) is 6.04 Å². The van der Waals surface area contributed by atoms with E-state index in [1.807, 2.05) is 0 Å². The minimum atomic E-state index is -4.94. The van der Waals surface area contributed by atoms with Gasteiger partial charge in [0.2, 0.25) is 0 Å². The maximum atomic E-state index is 13.2. The van der Waals surface area contributed by atoms with Crippen molar-refractivity contribution < 1.29 is 27.8 Å². The SMILES string of the molecule is CC(C)n1ncc(C(C)(O)C(F)(F)F)c1NC(=O)OCc1ccccc1. The molecule has 2 N–H and O–H groups in total. The van der Waals surface area contributed by atoms with Crippen LogP contribution in [0.4, 0.5) is 23.8 Å². The number of hydrogen-bond donors (Lipinski definition) is 2. The van der Waals surface area contributed by atoms with E-state index >= 15 is 0 Å². The van der Waals surface area contributed by atoms with Crippen molar-refractivity contribution in [3.05, 3.63) is 47.7 Å². The zero-order valence-electron chi connectivity index (χ0n) is 14.5. The normalized spacial score (nSPS) is 14.2. The van der Waals surface area contributed by atoms with E-state index in [2.05, 4.69) is 10.4 Å². The summed E-state index contributed by atoms with van der Waals surface area (Å²) in [6, 6.07) is 8.47. The number of halogens is 3. The summed E-state index contributed by atoms with van der Waals surface area (Å²) in [7, 11) is 0. The van der Waals surface area contributed by atoms with Crippen LogP contribution in [0.3, 0.4) is 0 Å². The lowest BCUT2D eigenvalue weighted by atomic mass is 9.98. The van der Waals surface area contributed by atoms with E-state index in [0.29, 0.717) is 6.92 Å². The summed E-state index contributed by atoms with van der Waals surface area (Å²) in [5.74, 6) is -0.264. The van der Waals surface area contributed by atoms with Gasteiger partial charge in [0.25, 0.3) is 0 Å². The quantitative estimate of drug-likeness (QED) is 0.833. The summed E-state index contributed by atoms with van der Waals surface area (Å²) in [6.07, 6.45) is -5.00. The molecule has 26 heavy (non-hydrogen) atoms. The van der Waals surface area contributed by atoms with E-state index in [1.165, 1.54) is 4.68 Å². The Hall–Kier alpha value is -2.55. The van der Waals surface area contributed by atoms with Crippen molar-refractivity contribution in [3.8, 4) is 0 Å². The van der Waals surface area contributed by atoms with Gasteiger partial charge in [-0.2, -0.15) is 18.3 Å². The first-order chi connectivity index (χ1) is 12.0. The molecule has 0 bridgehead atoms. The highest BCUT2D eigenvalue weighted by atomic mass is 19.4. The summed E-state index contributed by atoms with van der Waals surface area (Å²) in [6.45, 7) is 3.92. The van der Waals surface area contributed by atoms with E-state index in [-0.39, 0.29) is 18.5 Å². The molecular formula is C17H20F3N3O3. The second-order valence-electron chi connectivity index (χ2n) is 6.20. The molecule has 9 heteroatoms. The van der Waals surface area contributed by atoms with Crippen LogP contribution in [0.15, 0.2) is 36.5 Å². The van der Waals surface area contributed by atoms with Gasteiger partial charge in [0.1, 0.15) is 12.4 Å². The number of nitrogens with one attached hydrogen (secondary N) is 1. The first-order valence-corrected chi connectivity index (χ1v) is 7.89. The highest BCUT2D eigenvalue weighted by Gasteiger charge is 2.53. The van der Waals surface area contributed by atoms with Gasteiger partial charge in [0.05, 0.1) is 11.8 Å². The molecule has 0 saturated heterocycles. The average molecular weight is 371 g/mol. The van der Waals surface area contributed by atoms with Gasteiger partial charge in [-0.1, -0.05) is 30.3 Å². The standard InChI is InChI=1S/C17H20F3N3O3/c1-11(2)23-14(13(9-21-23)16(3,25)17(18,19)20)22-15(24)26-10-12-7-5-4-6-8-12/h4-9,11,25H,10H2,1-3H3,(H,22,24). The largest absolute Gasteiger partial charge is 0.444 e. The van der Waals surface area contributed by atoms with Crippen LogP contribution in [0.1, 0.15) is 37.9 Å². The predicted octanol–water partition coefficient (Wildman–Crippen LogP) is 3.98. The van der Waals surface area contributed by atoms with Crippen LogP contribution in [0.2, 0.25) is 0 Å². The number of carbonyl (C=O) groups excluding carboxylic acids is 1. The Morgan fingerprint density at radius 2 is 1.92 bits per heavy atom. The molecule has 1 aromatic heterocycles. The Labute approximate surface area is 148 Å². The first kappa shape index (κ1) is 19.8. The van der Waals surface area contributed by atoms with Crippen molar-refractivity contribution >= 4 is 11.9 Å². The lowest BCUT2D eigenvalue weighted by Crippen LogP contribution is -2.40. The number of carbonyl (C=O) groups is 1. The van der Waals surface area contributed by atoms with Gasteiger partial charge < -0.3 is 9.84 Å². The first-order valence-electron chi connectivity index (χ1n) is 7.89. The van der Waals surface area contributed by atoms with E-state index < -0.39 is 23.4 Å². The fourth-order valence-electron chi connectivity index (χ4n) is 2.24. The van der Waals surface area contributed by atoms with E-state index in [9.17, 15) is 23.1 Å². The third-order valence-electron chi connectivity index (χ3n) is 3.79. The summed E-state index contributed by atoms with van der Waals surface area (Å²) in [5, 5.41) is 16.1. The van der Waals surface area contributed by atoms with Crippen LogP contribution in [-0.4, -0.2) is 27.2 Å². The molecule has 0 aliphatic carbocycles. The minimum absolute atomic E-state index is 0.0481. The Morgan fingerprint density at radius 1 is 1.31 bits per heavy atom. The molecule has 0 aliphatic rings. The Bertz CT molecular complexity index is 756. The van der Waals surface area contributed by atoms with Crippen molar-refractivity contribution in [2.45, 2.75) is 45.2 Å². The van der Waals surface area contributed by atoms with Gasteiger partial charge in [-0.25, -0.2) is 9.48 Å². The third kappa shape index (κ3) is 4.16. The topological polar surface area (TPSA) is 76.4 Å². The smallest absolute Gasteiger partial charge is 0.421 e. The van der Waals surface area contributed by atoms with Gasteiger partial charge in [-0.05, 0) is 26.3 Å². The van der Waals surface area contributed by atoms with E-state index in [0.717, 1.165) is 11.8 Å². The van der Waals surface area contributed by atoms with Crippen LogP contribution in [0.5, 0.6) is 0 Å². The number of hydrogen-bond acceptors (Lipinski definition) is 4. The van der Waals surface area contributed by atoms with Crippen molar-refractivity contribution in [2.24, 2.45) is 0 Å². The predicted molar refractivity (Wildman–Crippen MR) is 88.5 cm³/mol. The van der Waals surface area contributed by atoms with Crippen LogP contribution < -0.4 is 5.32 Å². The number of amides is 1. The van der Waals surface area contributed by atoms with Crippen LogP contribution in [-0.2, 0) is 16.9 Å². The molecule has 6 nitrogen and oxygen atoms in total. The number of benzene rings is 1. The van der Waals surface area contributed by atoms with Crippen molar-refractivity contribution in [1.82, 2.24) is 9.78 Å². The number of alkyl halides is 3. The van der Waals surface area contributed by atoms with Gasteiger partial charge >= 0.3 is 12.3 Å². The summed E-state index contributed by atoms with van der Waals surface area (Å²) < 4.78 is 45.8. The third-order valence-corrected chi connectivity index (χ3v) is 3.79. The molecule has 0 spiro atoms. The molecule has 0 aliphatic heterocycles. The number of nitrogens with zero attached hydrogens (tertiary/aromatic N) is 2. The molecule has 2 aromatic rings. The molecule has 0 fully saturated rings. The fourth-order valence-corrected chi connectivity index (χ4v) is 2.24. The maximum absolute atomic E-state index is 13.2. The summed E-state index contributed by atoms with van der Waals surface area (Å²) >= 11 is 0. The zero-order chi connectivity index (χ0) is 19.5. The van der Waals surface area contributed by atoms with Crippen LogP contribution >= 0.6 is 0 Å². The van der Waals surface area contributed by atoms with Crippen molar-refractivity contribution in [3.63, 3.8) is 0 Å². The fraction of sp³-hybridized carbons (Fsp3) is 0.412. The van der Waals surface area contributed by atoms with E-state index in [1.54, 1.807) is 44.2 Å². The number of anilines is 1. The number of aliphatic hydroxyl groups is 1. The molecule has 1 atom stereocenters. The highest BCUT2D eigenvalue weighted by molar-refractivity contribution is 5.84. The molecule has 1 heterocycles. The molecule has 1 amide bonds. The van der Waals surface area contributed by atoms with Gasteiger partial charge in [-0.3, -0.25) is 5.32 Å². The van der Waals surface area contributed by atoms with Crippen molar-refractivity contribution in [1.29, 1.82) is 0 Å². The second-order valence-corrected chi connectivity index (χ2v) is 6.20. The Kier molecular flexibility index (Phi) is 5.60.